The Morgan fingerprint density at radius 2 is 1.81 bits per heavy atom. The molecule has 0 bridgehead atoms. The second kappa shape index (κ2) is 5.89. The summed E-state index contributed by atoms with van der Waals surface area (Å²) in [5.41, 5.74) is 2.55. The Balaban J connectivity index is 1.93. The first-order valence-corrected chi connectivity index (χ1v) is 6.88. The van der Waals surface area contributed by atoms with E-state index in [1.54, 1.807) is 6.20 Å². The van der Waals surface area contributed by atoms with Gasteiger partial charge in [-0.15, -0.1) is 0 Å². The van der Waals surface area contributed by atoms with E-state index in [1.807, 2.05) is 55.5 Å². The number of nitrogens with zero attached hydrogens (tertiary/aromatic N) is 3. The highest BCUT2D eigenvalue weighted by Gasteiger charge is 2.06. The summed E-state index contributed by atoms with van der Waals surface area (Å²) in [6.45, 7) is 1.93. The average Bonchev–Trinajstić information content (AvgIpc) is 2.50. The summed E-state index contributed by atoms with van der Waals surface area (Å²) in [7, 11) is 0. The van der Waals surface area contributed by atoms with Crippen molar-refractivity contribution in [1.29, 1.82) is 0 Å². The molecule has 4 nitrogen and oxygen atoms in total. The Bertz CT molecular complexity index is 742. The Kier molecular flexibility index (Phi) is 3.79. The third-order valence-corrected chi connectivity index (χ3v) is 3.12. The molecule has 0 saturated heterocycles. The molecule has 0 unspecified atom stereocenters. The lowest BCUT2D eigenvalue weighted by molar-refractivity contribution is 1.09. The maximum absolute atomic E-state index is 5.88. The van der Waals surface area contributed by atoms with Gasteiger partial charge in [-0.2, -0.15) is 0 Å². The van der Waals surface area contributed by atoms with Gasteiger partial charge in [0, 0.05) is 28.7 Å². The van der Waals surface area contributed by atoms with E-state index in [9.17, 15) is 0 Å². The number of hydrogen-bond donors (Lipinski definition) is 1. The largest absolute Gasteiger partial charge is 0.340 e. The van der Waals surface area contributed by atoms with Gasteiger partial charge in [0.25, 0.3) is 0 Å². The van der Waals surface area contributed by atoms with E-state index < -0.39 is 0 Å². The lowest BCUT2D eigenvalue weighted by atomic mass is 10.3. The van der Waals surface area contributed by atoms with Crippen molar-refractivity contribution in [2.24, 2.45) is 0 Å². The van der Waals surface area contributed by atoms with Gasteiger partial charge in [-0.1, -0.05) is 17.7 Å². The molecular formula is C16H13ClN4. The highest BCUT2D eigenvalue weighted by Crippen LogP contribution is 2.20. The SMILES string of the molecule is Cc1cc(Nc2ccc(Cl)cc2)nc(-c2ccccn2)n1. The van der Waals surface area contributed by atoms with E-state index in [-0.39, 0.29) is 0 Å². The molecule has 3 rings (SSSR count). The summed E-state index contributed by atoms with van der Waals surface area (Å²) in [6, 6.07) is 15.0. The molecule has 0 aliphatic heterocycles. The molecule has 104 valence electrons. The standard InChI is InChI=1S/C16H13ClN4/c1-11-10-15(20-13-7-5-12(17)6-8-13)21-16(19-11)14-4-2-3-9-18-14/h2-10H,1H3,(H,19,20,21). The Morgan fingerprint density at radius 3 is 2.52 bits per heavy atom. The van der Waals surface area contributed by atoms with E-state index in [1.165, 1.54) is 0 Å². The van der Waals surface area contributed by atoms with Gasteiger partial charge in [0.1, 0.15) is 11.5 Å². The third kappa shape index (κ3) is 3.35. The van der Waals surface area contributed by atoms with Crippen LogP contribution >= 0.6 is 11.6 Å². The van der Waals surface area contributed by atoms with Crippen LogP contribution < -0.4 is 5.32 Å². The molecule has 0 saturated carbocycles. The summed E-state index contributed by atoms with van der Waals surface area (Å²) in [4.78, 5) is 13.2. The van der Waals surface area contributed by atoms with Crippen molar-refractivity contribution in [2.75, 3.05) is 5.32 Å². The summed E-state index contributed by atoms with van der Waals surface area (Å²) in [6.07, 6.45) is 1.73. The zero-order valence-electron chi connectivity index (χ0n) is 11.4. The molecule has 5 heteroatoms. The zero-order chi connectivity index (χ0) is 14.7. The number of hydrogen-bond acceptors (Lipinski definition) is 4. The summed E-state index contributed by atoms with van der Waals surface area (Å²) in [5, 5.41) is 3.95. The van der Waals surface area contributed by atoms with Gasteiger partial charge in [0.05, 0.1) is 0 Å². The van der Waals surface area contributed by atoms with Crippen molar-refractivity contribution in [3.63, 3.8) is 0 Å². The number of rotatable bonds is 3. The van der Waals surface area contributed by atoms with E-state index >= 15 is 0 Å². The topological polar surface area (TPSA) is 50.7 Å². The van der Waals surface area contributed by atoms with Crippen LogP contribution in [-0.2, 0) is 0 Å². The van der Waals surface area contributed by atoms with Crippen LogP contribution in [0.2, 0.25) is 5.02 Å². The number of nitrogens with one attached hydrogen (secondary N) is 1. The minimum absolute atomic E-state index is 0.604. The molecular weight excluding hydrogens is 284 g/mol. The summed E-state index contributed by atoms with van der Waals surface area (Å²) < 4.78 is 0. The van der Waals surface area contributed by atoms with Gasteiger partial charge in [-0.25, -0.2) is 9.97 Å². The highest BCUT2D eigenvalue weighted by atomic mass is 35.5. The van der Waals surface area contributed by atoms with E-state index in [4.69, 9.17) is 11.6 Å². The van der Waals surface area contributed by atoms with Crippen molar-refractivity contribution in [1.82, 2.24) is 15.0 Å². The van der Waals surface area contributed by atoms with E-state index in [2.05, 4.69) is 20.3 Å². The number of benzene rings is 1. The molecule has 3 aromatic rings. The van der Waals surface area contributed by atoms with Crippen molar-refractivity contribution < 1.29 is 0 Å². The molecule has 2 aromatic heterocycles. The zero-order valence-corrected chi connectivity index (χ0v) is 12.2. The molecule has 1 N–H and O–H groups in total. The predicted molar refractivity (Wildman–Crippen MR) is 84.7 cm³/mol. The minimum Gasteiger partial charge on any atom is -0.340 e. The van der Waals surface area contributed by atoms with Crippen molar-refractivity contribution in [2.45, 2.75) is 6.92 Å². The first-order valence-electron chi connectivity index (χ1n) is 6.50. The Labute approximate surface area is 127 Å². The van der Waals surface area contributed by atoms with Gasteiger partial charge in [-0.3, -0.25) is 4.98 Å². The van der Waals surface area contributed by atoms with Crippen LogP contribution in [0.4, 0.5) is 11.5 Å². The number of aromatic nitrogens is 3. The van der Waals surface area contributed by atoms with Crippen LogP contribution in [0, 0.1) is 6.92 Å². The molecule has 2 heterocycles. The quantitative estimate of drug-likeness (QED) is 0.785. The Morgan fingerprint density at radius 1 is 1.00 bits per heavy atom. The predicted octanol–water partition coefficient (Wildman–Crippen LogP) is 4.24. The second-order valence-corrected chi connectivity index (χ2v) is 5.00. The maximum atomic E-state index is 5.88. The van der Waals surface area contributed by atoms with Crippen LogP contribution in [0.3, 0.4) is 0 Å². The van der Waals surface area contributed by atoms with Gasteiger partial charge < -0.3 is 5.32 Å². The van der Waals surface area contributed by atoms with Crippen molar-refractivity contribution in [3.8, 4) is 11.5 Å². The smallest absolute Gasteiger partial charge is 0.180 e. The normalized spacial score (nSPS) is 10.4. The number of aryl methyl sites for hydroxylation is 1. The lowest BCUT2D eigenvalue weighted by Gasteiger charge is -2.08. The van der Waals surface area contributed by atoms with Crippen LogP contribution in [-0.4, -0.2) is 15.0 Å². The molecule has 0 fully saturated rings. The van der Waals surface area contributed by atoms with Crippen LogP contribution in [0.1, 0.15) is 5.69 Å². The summed E-state index contributed by atoms with van der Waals surface area (Å²) in [5.74, 6) is 1.33. The van der Waals surface area contributed by atoms with Crippen LogP contribution in [0.15, 0.2) is 54.7 Å². The first-order chi connectivity index (χ1) is 10.2. The molecule has 0 atom stereocenters. The molecule has 0 aliphatic rings. The van der Waals surface area contributed by atoms with Crippen LogP contribution in [0.5, 0.6) is 0 Å². The number of halogens is 1. The maximum Gasteiger partial charge on any atom is 0.180 e. The molecule has 1 aromatic carbocycles. The second-order valence-electron chi connectivity index (χ2n) is 4.57. The molecule has 0 aliphatic carbocycles. The Hall–Kier alpha value is -2.46. The van der Waals surface area contributed by atoms with Gasteiger partial charge >= 0.3 is 0 Å². The number of pyridine rings is 1. The van der Waals surface area contributed by atoms with Gasteiger partial charge in [0.2, 0.25) is 0 Å². The van der Waals surface area contributed by atoms with E-state index in [0.717, 1.165) is 22.9 Å². The number of anilines is 2. The van der Waals surface area contributed by atoms with Crippen LogP contribution in [0.25, 0.3) is 11.5 Å². The lowest BCUT2D eigenvalue weighted by Crippen LogP contribution is -1.99. The fourth-order valence-corrected chi connectivity index (χ4v) is 2.05. The van der Waals surface area contributed by atoms with Crippen molar-refractivity contribution in [3.05, 3.63) is 65.4 Å². The first kappa shape index (κ1) is 13.5. The third-order valence-electron chi connectivity index (χ3n) is 2.86. The molecule has 21 heavy (non-hydrogen) atoms. The average molecular weight is 297 g/mol. The van der Waals surface area contributed by atoms with Gasteiger partial charge in [-0.05, 0) is 43.3 Å². The summed E-state index contributed by atoms with van der Waals surface area (Å²) >= 11 is 5.88. The van der Waals surface area contributed by atoms with Crippen molar-refractivity contribution >= 4 is 23.1 Å². The fraction of sp³-hybridized carbons (Fsp3) is 0.0625. The fourth-order valence-electron chi connectivity index (χ4n) is 1.92. The highest BCUT2D eigenvalue weighted by molar-refractivity contribution is 6.30. The van der Waals surface area contributed by atoms with E-state index in [0.29, 0.717) is 10.8 Å². The monoisotopic (exact) mass is 296 g/mol. The molecule has 0 amide bonds. The molecule has 0 radical (unpaired) electrons. The molecule has 0 spiro atoms. The van der Waals surface area contributed by atoms with Gasteiger partial charge in [0.15, 0.2) is 5.82 Å². The minimum atomic E-state index is 0.604.